The van der Waals surface area contributed by atoms with Gasteiger partial charge in [0, 0.05) is 17.9 Å². The standard InChI is InChI=1S/C22H19F3N4O3/c1-2-3-4-31-19-10-27-16(9-28-19)17(30)7-12-5-14(20(25)15(24)6-12)22(11-23)13-8-18(13)32-21(26)29-22/h5-6,9-10,13,18H,4,7-8,11H2,1H3,(H2,26,29)/t13-,18+,22-/m0/s1. The number of hydrogen-bond acceptors (Lipinski definition) is 7. The molecule has 1 aromatic carbocycles. The molecule has 2 aliphatic rings. The van der Waals surface area contributed by atoms with E-state index < -0.39 is 41.7 Å². The molecule has 2 N–H and O–H groups in total. The fraction of sp³-hybridized carbons (Fsp3) is 0.364. The first-order valence-corrected chi connectivity index (χ1v) is 9.82. The second-order valence-corrected chi connectivity index (χ2v) is 7.50. The van der Waals surface area contributed by atoms with Crippen molar-refractivity contribution in [3.05, 3.63) is 53.0 Å². The first kappa shape index (κ1) is 21.6. The quantitative estimate of drug-likeness (QED) is 0.520. The fourth-order valence-corrected chi connectivity index (χ4v) is 3.78. The molecule has 0 spiro atoms. The van der Waals surface area contributed by atoms with Crippen molar-refractivity contribution < 1.29 is 27.4 Å². The molecule has 1 saturated carbocycles. The molecule has 1 aliphatic carbocycles. The molecule has 166 valence electrons. The number of carbonyl (C=O) groups is 1. The Labute approximate surface area is 181 Å². The first-order chi connectivity index (χ1) is 15.4. The predicted octanol–water partition coefficient (Wildman–Crippen LogP) is 2.48. The van der Waals surface area contributed by atoms with Crippen LogP contribution in [-0.4, -0.2) is 41.2 Å². The molecule has 1 aliphatic heterocycles. The minimum atomic E-state index is -1.68. The molecule has 4 rings (SSSR count). The number of amidine groups is 1. The SMILES string of the molecule is CC#CCOc1cnc(C(=O)Cc2cc(F)c(F)c([C@@]3(CF)N=C(N)O[C@@H]4C[C@@H]43)c2)cn1. The molecule has 3 atom stereocenters. The highest BCUT2D eigenvalue weighted by atomic mass is 19.2. The van der Waals surface area contributed by atoms with Gasteiger partial charge in [-0.05, 0) is 31.0 Å². The third-order valence-electron chi connectivity index (χ3n) is 5.43. The van der Waals surface area contributed by atoms with E-state index in [1.807, 2.05) is 0 Å². The summed E-state index contributed by atoms with van der Waals surface area (Å²) in [5.41, 5.74) is 3.83. The van der Waals surface area contributed by atoms with Crippen LogP contribution in [0.4, 0.5) is 13.2 Å². The van der Waals surface area contributed by atoms with Crippen LogP contribution < -0.4 is 10.5 Å². The van der Waals surface area contributed by atoms with Crippen molar-refractivity contribution in [2.45, 2.75) is 31.4 Å². The molecule has 32 heavy (non-hydrogen) atoms. The van der Waals surface area contributed by atoms with E-state index in [0.717, 1.165) is 6.07 Å². The van der Waals surface area contributed by atoms with Crippen LogP contribution in [0.5, 0.6) is 5.88 Å². The van der Waals surface area contributed by atoms with Gasteiger partial charge in [-0.15, -0.1) is 5.92 Å². The molecule has 0 bridgehead atoms. The number of carbonyl (C=O) groups excluding carboxylic acids is 1. The molecular weight excluding hydrogens is 425 g/mol. The van der Waals surface area contributed by atoms with Gasteiger partial charge in [-0.1, -0.05) is 5.92 Å². The van der Waals surface area contributed by atoms with Crippen molar-refractivity contribution in [1.82, 2.24) is 9.97 Å². The van der Waals surface area contributed by atoms with Crippen molar-refractivity contribution in [2.75, 3.05) is 13.3 Å². The summed E-state index contributed by atoms with van der Waals surface area (Å²) in [5.74, 6) is 2.19. The number of nitrogens with zero attached hydrogens (tertiary/aromatic N) is 3. The van der Waals surface area contributed by atoms with Gasteiger partial charge >= 0.3 is 0 Å². The van der Waals surface area contributed by atoms with E-state index in [1.165, 1.54) is 18.5 Å². The lowest BCUT2D eigenvalue weighted by molar-refractivity contribution is 0.0987. The summed E-state index contributed by atoms with van der Waals surface area (Å²) in [5, 5.41) is 0. The topological polar surface area (TPSA) is 99.7 Å². The maximum absolute atomic E-state index is 14.7. The normalized spacial score (nSPS) is 23.2. The van der Waals surface area contributed by atoms with E-state index in [9.17, 15) is 18.0 Å². The minimum absolute atomic E-state index is 0.0148. The van der Waals surface area contributed by atoms with Crippen LogP contribution in [0.1, 0.15) is 35.0 Å². The number of Topliss-reactive ketones (excluding diaryl/α,β-unsaturated/α-hetero) is 1. The molecule has 0 amide bonds. The number of rotatable bonds is 7. The zero-order valence-electron chi connectivity index (χ0n) is 17.1. The Kier molecular flexibility index (Phi) is 5.74. The summed E-state index contributed by atoms with van der Waals surface area (Å²) in [6.45, 7) is 0.718. The van der Waals surface area contributed by atoms with E-state index in [2.05, 4.69) is 26.8 Å². The number of aromatic nitrogens is 2. The summed E-state index contributed by atoms with van der Waals surface area (Å²) >= 11 is 0. The summed E-state index contributed by atoms with van der Waals surface area (Å²) < 4.78 is 53.8. The zero-order valence-corrected chi connectivity index (χ0v) is 17.1. The van der Waals surface area contributed by atoms with Gasteiger partial charge in [0.05, 0.1) is 12.4 Å². The van der Waals surface area contributed by atoms with Gasteiger partial charge in [-0.3, -0.25) is 4.79 Å². The molecule has 10 heteroatoms. The van der Waals surface area contributed by atoms with E-state index >= 15 is 0 Å². The van der Waals surface area contributed by atoms with Crippen LogP contribution >= 0.6 is 0 Å². The fourth-order valence-electron chi connectivity index (χ4n) is 3.78. The number of alkyl halides is 1. The second kappa shape index (κ2) is 8.49. The minimum Gasteiger partial charge on any atom is -0.463 e. The van der Waals surface area contributed by atoms with Crippen LogP contribution in [0.15, 0.2) is 29.5 Å². The van der Waals surface area contributed by atoms with Crippen LogP contribution in [0, 0.1) is 29.4 Å². The number of halogens is 3. The highest BCUT2D eigenvalue weighted by molar-refractivity contribution is 5.95. The predicted molar refractivity (Wildman–Crippen MR) is 108 cm³/mol. The van der Waals surface area contributed by atoms with Gasteiger partial charge in [-0.25, -0.2) is 28.1 Å². The van der Waals surface area contributed by atoms with E-state index in [0.29, 0.717) is 6.42 Å². The first-order valence-electron chi connectivity index (χ1n) is 9.82. The van der Waals surface area contributed by atoms with Crippen molar-refractivity contribution in [2.24, 2.45) is 16.6 Å². The Bertz CT molecular complexity index is 1140. The molecule has 2 aromatic rings. The van der Waals surface area contributed by atoms with E-state index in [-0.39, 0.29) is 41.8 Å². The number of benzene rings is 1. The van der Waals surface area contributed by atoms with Gasteiger partial charge in [0.15, 0.2) is 24.0 Å². The Morgan fingerprint density at radius 3 is 2.84 bits per heavy atom. The van der Waals surface area contributed by atoms with Crippen LogP contribution in [0.2, 0.25) is 0 Å². The van der Waals surface area contributed by atoms with Crippen molar-refractivity contribution in [3.8, 4) is 17.7 Å². The summed E-state index contributed by atoms with van der Waals surface area (Å²) in [7, 11) is 0. The van der Waals surface area contributed by atoms with Crippen LogP contribution in [-0.2, 0) is 16.7 Å². The number of fused-ring (bicyclic) bond motifs is 1. The van der Waals surface area contributed by atoms with E-state index in [1.54, 1.807) is 6.92 Å². The number of aliphatic imine (C=N–C) groups is 1. The third-order valence-corrected chi connectivity index (χ3v) is 5.43. The lowest BCUT2D eigenvalue weighted by Gasteiger charge is -2.31. The molecule has 0 saturated heterocycles. The van der Waals surface area contributed by atoms with Crippen molar-refractivity contribution in [1.29, 1.82) is 0 Å². The van der Waals surface area contributed by atoms with Gasteiger partial charge in [-0.2, -0.15) is 0 Å². The Morgan fingerprint density at radius 2 is 2.16 bits per heavy atom. The molecule has 0 radical (unpaired) electrons. The van der Waals surface area contributed by atoms with E-state index in [4.69, 9.17) is 15.2 Å². The Morgan fingerprint density at radius 1 is 1.34 bits per heavy atom. The lowest BCUT2D eigenvalue weighted by atomic mass is 9.84. The maximum atomic E-state index is 14.7. The Balaban J connectivity index is 1.59. The van der Waals surface area contributed by atoms with Gasteiger partial charge < -0.3 is 15.2 Å². The Hall–Kier alpha value is -3.61. The zero-order chi connectivity index (χ0) is 22.9. The average molecular weight is 444 g/mol. The smallest absolute Gasteiger partial charge is 0.283 e. The molecular formula is C22H19F3N4O3. The summed E-state index contributed by atoms with van der Waals surface area (Å²) in [4.78, 5) is 24.6. The number of ether oxygens (including phenoxy) is 2. The molecule has 1 aromatic heterocycles. The second-order valence-electron chi connectivity index (χ2n) is 7.50. The third kappa shape index (κ3) is 3.98. The lowest BCUT2D eigenvalue weighted by Crippen LogP contribution is -2.40. The van der Waals surface area contributed by atoms with Gasteiger partial charge in [0.1, 0.15) is 24.0 Å². The highest BCUT2D eigenvalue weighted by Crippen LogP contribution is 2.53. The maximum Gasteiger partial charge on any atom is 0.283 e. The van der Waals surface area contributed by atoms with Crippen LogP contribution in [0.3, 0.4) is 0 Å². The summed E-state index contributed by atoms with van der Waals surface area (Å²) in [6, 6.07) is 1.88. The molecule has 7 nitrogen and oxygen atoms in total. The average Bonchev–Trinajstić information content (AvgIpc) is 3.56. The largest absolute Gasteiger partial charge is 0.463 e. The van der Waals surface area contributed by atoms with Crippen molar-refractivity contribution >= 4 is 11.8 Å². The number of hydrogen-bond donors (Lipinski definition) is 1. The molecule has 2 heterocycles. The molecule has 1 fully saturated rings. The van der Waals surface area contributed by atoms with Crippen molar-refractivity contribution in [3.63, 3.8) is 0 Å². The molecule has 0 unspecified atom stereocenters. The summed E-state index contributed by atoms with van der Waals surface area (Å²) in [6.07, 6.45) is 2.22. The van der Waals surface area contributed by atoms with Crippen LogP contribution in [0.25, 0.3) is 0 Å². The monoisotopic (exact) mass is 444 g/mol. The number of nitrogens with two attached hydrogens (primary N) is 1. The number of ketones is 1. The highest BCUT2D eigenvalue weighted by Gasteiger charge is 2.60. The van der Waals surface area contributed by atoms with Gasteiger partial charge in [0.25, 0.3) is 6.02 Å². The van der Waals surface area contributed by atoms with Gasteiger partial charge in [0.2, 0.25) is 5.88 Å².